The average molecular weight is 339 g/mol. The van der Waals surface area contributed by atoms with E-state index in [-0.39, 0.29) is 22.4 Å². The zero-order valence-corrected chi connectivity index (χ0v) is 14.3. The number of likely N-dealkylation sites (tertiary alicyclic amines) is 1. The van der Waals surface area contributed by atoms with E-state index in [0.29, 0.717) is 12.1 Å². The Kier molecular flexibility index (Phi) is 4.07. The van der Waals surface area contributed by atoms with E-state index in [2.05, 4.69) is 16.5 Å². The molecule has 2 heterocycles. The fraction of sp³-hybridized carbons (Fsp3) is 0.533. The monoisotopic (exact) mass is 339 g/mol. The molecule has 1 aromatic heterocycles. The van der Waals surface area contributed by atoms with Gasteiger partial charge in [0.2, 0.25) is 10.0 Å². The zero-order chi connectivity index (χ0) is 16.8. The summed E-state index contributed by atoms with van der Waals surface area (Å²) >= 11 is 0. The van der Waals surface area contributed by atoms with Gasteiger partial charge in [-0.05, 0) is 24.6 Å². The Hall–Kier alpha value is -1.64. The smallest absolute Gasteiger partial charge is 0.408 e. The standard InChI is InChI=1S/C15H21N3O4S/c1-4-18-8-10(2)12(9-18)16-23(20,21)11-5-6-13-14(7-11)22-15(19)17(13)3/h5-7,10,12,16H,4,8-9H2,1-3H3/t10-,12+/m0/s1. The van der Waals surface area contributed by atoms with Gasteiger partial charge >= 0.3 is 5.76 Å². The SMILES string of the molecule is CCN1C[C@H](C)[C@H](NS(=O)(=O)c2ccc3c(c2)oc(=O)n3C)C1. The number of hydrogen-bond acceptors (Lipinski definition) is 5. The van der Waals surface area contributed by atoms with Crippen LogP contribution >= 0.6 is 0 Å². The molecule has 126 valence electrons. The lowest BCUT2D eigenvalue weighted by atomic mass is 10.1. The molecule has 1 fully saturated rings. The van der Waals surface area contributed by atoms with Crippen LogP contribution in [0.2, 0.25) is 0 Å². The molecular weight excluding hydrogens is 318 g/mol. The minimum absolute atomic E-state index is 0.112. The quantitative estimate of drug-likeness (QED) is 0.888. The van der Waals surface area contributed by atoms with Crippen molar-refractivity contribution in [1.29, 1.82) is 0 Å². The first-order chi connectivity index (χ1) is 10.8. The minimum atomic E-state index is -3.65. The Morgan fingerprint density at radius 2 is 2.09 bits per heavy atom. The molecule has 1 aliphatic rings. The second kappa shape index (κ2) is 5.77. The number of nitrogens with zero attached hydrogens (tertiary/aromatic N) is 2. The van der Waals surface area contributed by atoms with Gasteiger partial charge in [0.05, 0.1) is 10.4 Å². The van der Waals surface area contributed by atoms with Gasteiger partial charge in [0, 0.05) is 32.2 Å². The first-order valence-corrected chi connectivity index (χ1v) is 9.14. The van der Waals surface area contributed by atoms with Gasteiger partial charge in [-0.3, -0.25) is 4.57 Å². The number of sulfonamides is 1. The lowest BCUT2D eigenvalue weighted by Crippen LogP contribution is -2.39. The van der Waals surface area contributed by atoms with Crippen molar-refractivity contribution in [2.24, 2.45) is 13.0 Å². The molecule has 2 aromatic rings. The number of oxazole rings is 1. The van der Waals surface area contributed by atoms with Crippen molar-refractivity contribution >= 4 is 21.1 Å². The zero-order valence-electron chi connectivity index (χ0n) is 13.4. The van der Waals surface area contributed by atoms with Gasteiger partial charge < -0.3 is 9.32 Å². The van der Waals surface area contributed by atoms with Crippen molar-refractivity contribution in [2.75, 3.05) is 19.6 Å². The van der Waals surface area contributed by atoms with E-state index in [4.69, 9.17) is 4.42 Å². The van der Waals surface area contributed by atoms with Crippen LogP contribution in [0.25, 0.3) is 11.1 Å². The van der Waals surface area contributed by atoms with Crippen molar-refractivity contribution < 1.29 is 12.8 Å². The maximum Gasteiger partial charge on any atom is 0.419 e. The summed E-state index contributed by atoms with van der Waals surface area (Å²) in [7, 11) is -2.07. The van der Waals surface area contributed by atoms with Gasteiger partial charge in [0.15, 0.2) is 5.58 Å². The van der Waals surface area contributed by atoms with Crippen molar-refractivity contribution in [2.45, 2.75) is 24.8 Å². The van der Waals surface area contributed by atoms with Gasteiger partial charge in [-0.15, -0.1) is 0 Å². The molecule has 0 bridgehead atoms. The third-order valence-electron chi connectivity index (χ3n) is 4.52. The highest BCUT2D eigenvalue weighted by Gasteiger charge is 2.32. The molecule has 23 heavy (non-hydrogen) atoms. The number of hydrogen-bond donors (Lipinski definition) is 1. The molecule has 1 aromatic carbocycles. The maximum atomic E-state index is 12.6. The minimum Gasteiger partial charge on any atom is -0.408 e. The van der Waals surface area contributed by atoms with Crippen LogP contribution in [0.15, 0.2) is 32.3 Å². The van der Waals surface area contributed by atoms with E-state index in [9.17, 15) is 13.2 Å². The Labute approximate surface area is 134 Å². The normalized spacial score (nSPS) is 22.9. The molecule has 8 heteroatoms. The lowest BCUT2D eigenvalue weighted by molar-refractivity contribution is 0.344. The van der Waals surface area contributed by atoms with E-state index < -0.39 is 15.8 Å². The summed E-state index contributed by atoms with van der Waals surface area (Å²) in [5, 5.41) is 0. The highest BCUT2D eigenvalue weighted by molar-refractivity contribution is 7.89. The summed E-state index contributed by atoms with van der Waals surface area (Å²) < 4.78 is 34.4. The van der Waals surface area contributed by atoms with Crippen LogP contribution in [0, 0.1) is 5.92 Å². The molecule has 0 spiro atoms. The predicted molar refractivity (Wildman–Crippen MR) is 86.8 cm³/mol. The molecule has 0 radical (unpaired) electrons. The maximum absolute atomic E-state index is 12.6. The lowest BCUT2D eigenvalue weighted by Gasteiger charge is -2.16. The van der Waals surface area contributed by atoms with E-state index in [1.807, 2.05) is 6.92 Å². The van der Waals surface area contributed by atoms with Gasteiger partial charge in [-0.25, -0.2) is 17.9 Å². The fourth-order valence-electron chi connectivity index (χ4n) is 3.03. The van der Waals surface area contributed by atoms with Crippen LogP contribution < -0.4 is 10.5 Å². The van der Waals surface area contributed by atoms with E-state index in [0.717, 1.165) is 13.1 Å². The van der Waals surface area contributed by atoms with Crippen molar-refractivity contribution in [3.05, 3.63) is 28.7 Å². The van der Waals surface area contributed by atoms with Gasteiger partial charge in [0.25, 0.3) is 0 Å². The predicted octanol–water partition coefficient (Wildman–Crippen LogP) is 0.750. The Bertz CT molecular complexity index is 884. The third-order valence-corrected chi connectivity index (χ3v) is 6.00. The summed E-state index contributed by atoms with van der Waals surface area (Å²) in [5.74, 6) is -0.256. The molecule has 0 amide bonds. The average Bonchev–Trinajstić information content (AvgIpc) is 2.99. The second-order valence-corrected chi connectivity index (χ2v) is 7.83. The summed E-state index contributed by atoms with van der Waals surface area (Å²) in [5.41, 5.74) is 0.843. The molecule has 0 saturated carbocycles. The number of benzene rings is 1. The summed E-state index contributed by atoms with van der Waals surface area (Å²) in [6, 6.07) is 4.37. The van der Waals surface area contributed by atoms with E-state index >= 15 is 0 Å². The Morgan fingerprint density at radius 1 is 1.35 bits per heavy atom. The number of nitrogens with one attached hydrogen (secondary N) is 1. The number of aryl methyl sites for hydroxylation is 1. The third kappa shape index (κ3) is 2.93. The molecular formula is C15H21N3O4S. The van der Waals surface area contributed by atoms with Crippen LogP contribution in [0.1, 0.15) is 13.8 Å². The highest BCUT2D eigenvalue weighted by Crippen LogP contribution is 2.21. The van der Waals surface area contributed by atoms with E-state index in [1.54, 1.807) is 13.1 Å². The fourth-order valence-corrected chi connectivity index (χ4v) is 4.38. The summed E-state index contributed by atoms with van der Waals surface area (Å²) in [6.07, 6.45) is 0. The van der Waals surface area contributed by atoms with Crippen LogP contribution in [0.5, 0.6) is 0 Å². The first-order valence-electron chi connectivity index (χ1n) is 7.66. The van der Waals surface area contributed by atoms with Crippen LogP contribution in [0.3, 0.4) is 0 Å². The van der Waals surface area contributed by atoms with Crippen molar-refractivity contribution in [3.63, 3.8) is 0 Å². The molecule has 1 saturated heterocycles. The Morgan fingerprint density at radius 3 is 2.74 bits per heavy atom. The van der Waals surface area contributed by atoms with Crippen molar-refractivity contribution in [3.8, 4) is 0 Å². The number of fused-ring (bicyclic) bond motifs is 1. The second-order valence-electron chi connectivity index (χ2n) is 6.11. The molecule has 1 N–H and O–H groups in total. The Balaban J connectivity index is 1.89. The molecule has 2 atom stereocenters. The summed E-state index contributed by atoms with van der Waals surface area (Å²) in [4.78, 5) is 13.8. The summed E-state index contributed by atoms with van der Waals surface area (Å²) in [6.45, 7) is 6.61. The van der Waals surface area contributed by atoms with Crippen molar-refractivity contribution in [1.82, 2.24) is 14.2 Å². The number of likely N-dealkylation sites (N-methyl/N-ethyl adjacent to an activating group) is 1. The van der Waals surface area contributed by atoms with Gasteiger partial charge in [0.1, 0.15) is 0 Å². The molecule has 1 aliphatic heterocycles. The topological polar surface area (TPSA) is 84.6 Å². The van der Waals surface area contributed by atoms with Gasteiger partial charge in [-0.2, -0.15) is 0 Å². The van der Waals surface area contributed by atoms with Crippen LogP contribution in [0.4, 0.5) is 0 Å². The highest BCUT2D eigenvalue weighted by atomic mass is 32.2. The first kappa shape index (κ1) is 16.2. The molecule has 3 rings (SSSR count). The number of aromatic nitrogens is 1. The molecule has 0 aliphatic carbocycles. The number of rotatable bonds is 4. The molecule has 7 nitrogen and oxygen atoms in total. The van der Waals surface area contributed by atoms with Crippen LogP contribution in [-0.4, -0.2) is 43.6 Å². The van der Waals surface area contributed by atoms with E-state index in [1.165, 1.54) is 16.7 Å². The van der Waals surface area contributed by atoms with Crippen LogP contribution in [-0.2, 0) is 17.1 Å². The molecule has 0 unspecified atom stereocenters. The largest absolute Gasteiger partial charge is 0.419 e. The van der Waals surface area contributed by atoms with Gasteiger partial charge in [-0.1, -0.05) is 13.8 Å².